The molecular weight excluding hydrogens is 320 g/mol. The molecule has 0 amide bonds. The molecule has 0 unspecified atom stereocenters. The van der Waals surface area contributed by atoms with Gasteiger partial charge in [-0.15, -0.1) is 0 Å². The highest BCUT2D eigenvalue weighted by Crippen LogP contribution is 2.16. The molecule has 1 heterocycles. The minimum atomic E-state index is 0.101. The first-order valence-electron chi connectivity index (χ1n) is 8.81. The molecule has 1 aromatic heterocycles. The van der Waals surface area contributed by atoms with Crippen molar-refractivity contribution in [2.75, 3.05) is 6.61 Å². The summed E-state index contributed by atoms with van der Waals surface area (Å²) in [6.07, 6.45) is 9.75. The maximum absolute atomic E-state index is 11.8. The molecule has 0 bridgehead atoms. The summed E-state index contributed by atoms with van der Waals surface area (Å²) < 4.78 is 9.61. The maximum Gasteiger partial charge on any atom is 0.192 e. The molecule has 4 nitrogen and oxygen atoms in total. The van der Waals surface area contributed by atoms with Crippen LogP contribution in [-0.4, -0.2) is 21.7 Å². The number of nitrogens with zero attached hydrogens (tertiary/aromatic N) is 2. The number of rotatable bonds is 12. The van der Waals surface area contributed by atoms with Crippen LogP contribution in [0.4, 0.5) is 0 Å². The van der Waals surface area contributed by atoms with Gasteiger partial charge in [0, 0.05) is 6.42 Å². The van der Waals surface area contributed by atoms with Crippen LogP contribution in [0, 0.1) is 0 Å². The van der Waals surface area contributed by atoms with Gasteiger partial charge in [-0.1, -0.05) is 38.3 Å². The van der Waals surface area contributed by atoms with E-state index in [-0.39, 0.29) is 5.78 Å². The molecule has 0 saturated heterocycles. The van der Waals surface area contributed by atoms with Gasteiger partial charge >= 0.3 is 0 Å². The summed E-state index contributed by atoms with van der Waals surface area (Å²) in [5.74, 6) is 1.05. The molecule has 0 radical (unpaired) electrons. The van der Waals surface area contributed by atoms with Gasteiger partial charge in [-0.2, -0.15) is 4.37 Å². The van der Waals surface area contributed by atoms with Gasteiger partial charge in [0.05, 0.1) is 6.61 Å². The number of aryl methyl sites for hydroxylation is 1. The second kappa shape index (κ2) is 10.9. The molecule has 0 saturated carbocycles. The minimum Gasteiger partial charge on any atom is -0.494 e. The van der Waals surface area contributed by atoms with E-state index in [1.807, 2.05) is 12.1 Å². The minimum absolute atomic E-state index is 0.101. The molecule has 0 N–H and O–H groups in total. The molecule has 0 aliphatic rings. The number of ether oxygens (including phenoxy) is 1. The van der Waals surface area contributed by atoms with E-state index >= 15 is 0 Å². The number of carbonyl (C=O) groups is 1. The van der Waals surface area contributed by atoms with Crippen LogP contribution in [0.1, 0.15) is 67.2 Å². The molecule has 1 aromatic carbocycles. The van der Waals surface area contributed by atoms with Gasteiger partial charge in [0.2, 0.25) is 0 Å². The molecule has 0 atom stereocenters. The van der Waals surface area contributed by atoms with Gasteiger partial charge in [-0.3, -0.25) is 4.79 Å². The van der Waals surface area contributed by atoms with Crippen molar-refractivity contribution < 1.29 is 9.53 Å². The SMILES string of the molecule is CCCCCCOc1ccc(CCCCC(=O)c2ncns2)cc1. The lowest BCUT2D eigenvalue weighted by Crippen LogP contribution is -1.99. The number of benzene rings is 1. The quantitative estimate of drug-likeness (QED) is 0.397. The van der Waals surface area contributed by atoms with Crippen LogP contribution in [0.3, 0.4) is 0 Å². The second-order valence-corrected chi connectivity index (χ2v) is 6.71. The van der Waals surface area contributed by atoms with Crippen LogP contribution in [0.15, 0.2) is 30.6 Å². The summed E-state index contributed by atoms with van der Waals surface area (Å²) in [5.41, 5.74) is 1.29. The first kappa shape index (κ1) is 18.6. The Morgan fingerprint density at radius 3 is 2.62 bits per heavy atom. The molecule has 0 aliphatic carbocycles. The van der Waals surface area contributed by atoms with E-state index in [2.05, 4.69) is 28.4 Å². The molecule has 2 aromatic rings. The smallest absolute Gasteiger partial charge is 0.192 e. The van der Waals surface area contributed by atoms with E-state index in [4.69, 9.17) is 4.74 Å². The van der Waals surface area contributed by atoms with E-state index in [9.17, 15) is 4.79 Å². The van der Waals surface area contributed by atoms with Gasteiger partial charge < -0.3 is 4.74 Å². The van der Waals surface area contributed by atoms with Crippen molar-refractivity contribution >= 4 is 17.3 Å². The molecular formula is C19H26N2O2S. The van der Waals surface area contributed by atoms with Crippen molar-refractivity contribution in [3.8, 4) is 5.75 Å². The summed E-state index contributed by atoms with van der Waals surface area (Å²) in [7, 11) is 0. The van der Waals surface area contributed by atoms with Crippen molar-refractivity contribution in [3.63, 3.8) is 0 Å². The molecule has 0 spiro atoms. The van der Waals surface area contributed by atoms with E-state index in [1.54, 1.807) is 0 Å². The zero-order valence-electron chi connectivity index (χ0n) is 14.4. The maximum atomic E-state index is 11.8. The monoisotopic (exact) mass is 346 g/mol. The fourth-order valence-electron chi connectivity index (χ4n) is 2.49. The van der Waals surface area contributed by atoms with Gasteiger partial charge in [0.25, 0.3) is 0 Å². The zero-order valence-corrected chi connectivity index (χ0v) is 15.2. The average Bonchev–Trinajstić information content (AvgIpc) is 3.14. The third kappa shape index (κ3) is 6.79. The number of hydrogen-bond acceptors (Lipinski definition) is 5. The van der Waals surface area contributed by atoms with Gasteiger partial charge in [-0.25, -0.2) is 4.98 Å². The predicted molar refractivity (Wildman–Crippen MR) is 97.9 cm³/mol. The predicted octanol–water partition coefficient (Wildman–Crippen LogP) is 5.09. The third-order valence-electron chi connectivity index (χ3n) is 3.91. The van der Waals surface area contributed by atoms with E-state index in [1.165, 1.54) is 42.7 Å². The lowest BCUT2D eigenvalue weighted by atomic mass is 10.1. The average molecular weight is 346 g/mol. The van der Waals surface area contributed by atoms with Crippen LogP contribution in [0.5, 0.6) is 5.75 Å². The Morgan fingerprint density at radius 1 is 1.08 bits per heavy atom. The molecule has 0 aliphatic heterocycles. The Balaban J connectivity index is 1.60. The fourth-order valence-corrected chi connectivity index (χ4v) is 2.98. The fraction of sp³-hybridized carbons (Fsp3) is 0.526. The van der Waals surface area contributed by atoms with Gasteiger partial charge in [-0.05, 0) is 54.9 Å². The van der Waals surface area contributed by atoms with E-state index < -0.39 is 0 Å². The van der Waals surface area contributed by atoms with Crippen LogP contribution >= 0.6 is 11.5 Å². The van der Waals surface area contributed by atoms with Gasteiger partial charge in [0.15, 0.2) is 10.8 Å². The van der Waals surface area contributed by atoms with E-state index in [0.717, 1.165) is 38.0 Å². The Hall–Kier alpha value is -1.75. The lowest BCUT2D eigenvalue weighted by Gasteiger charge is -2.07. The number of carbonyl (C=O) groups excluding carboxylic acids is 1. The molecule has 5 heteroatoms. The summed E-state index contributed by atoms with van der Waals surface area (Å²) in [4.78, 5) is 15.8. The van der Waals surface area contributed by atoms with Crippen LogP contribution in [-0.2, 0) is 6.42 Å². The Bertz CT molecular complexity index is 582. The molecule has 130 valence electrons. The Labute approximate surface area is 148 Å². The van der Waals surface area contributed by atoms with Crippen molar-refractivity contribution in [2.45, 2.75) is 58.3 Å². The highest BCUT2D eigenvalue weighted by Gasteiger charge is 2.08. The Kier molecular flexibility index (Phi) is 8.46. The first-order valence-corrected chi connectivity index (χ1v) is 9.58. The highest BCUT2D eigenvalue weighted by molar-refractivity contribution is 7.07. The number of hydrogen-bond donors (Lipinski definition) is 0. The van der Waals surface area contributed by atoms with E-state index in [0.29, 0.717) is 11.4 Å². The summed E-state index contributed by atoms with van der Waals surface area (Å²) >= 11 is 1.17. The zero-order chi connectivity index (χ0) is 17.0. The molecule has 0 fully saturated rings. The van der Waals surface area contributed by atoms with Crippen molar-refractivity contribution in [1.82, 2.24) is 9.36 Å². The first-order chi connectivity index (χ1) is 11.8. The largest absolute Gasteiger partial charge is 0.494 e. The van der Waals surface area contributed by atoms with Gasteiger partial charge in [0.1, 0.15) is 12.1 Å². The van der Waals surface area contributed by atoms with Crippen LogP contribution in [0.25, 0.3) is 0 Å². The van der Waals surface area contributed by atoms with Crippen molar-refractivity contribution in [1.29, 1.82) is 0 Å². The molecule has 2 rings (SSSR count). The normalized spacial score (nSPS) is 10.7. The molecule has 24 heavy (non-hydrogen) atoms. The lowest BCUT2D eigenvalue weighted by molar-refractivity contribution is 0.0979. The number of ketones is 1. The standard InChI is InChI=1S/C19H26N2O2S/c1-2-3-4-7-14-23-17-12-10-16(11-13-17)8-5-6-9-18(22)19-20-15-21-24-19/h10-13,15H,2-9,14H2,1H3. The third-order valence-corrected chi connectivity index (χ3v) is 4.61. The topological polar surface area (TPSA) is 52.1 Å². The van der Waals surface area contributed by atoms with Crippen molar-refractivity contribution in [2.24, 2.45) is 0 Å². The number of unbranched alkanes of at least 4 members (excludes halogenated alkanes) is 4. The van der Waals surface area contributed by atoms with Crippen LogP contribution in [0.2, 0.25) is 0 Å². The number of Topliss-reactive ketones (excluding diaryl/α,β-unsaturated/α-hetero) is 1. The van der Waals surface area contributed by atoms with Crippen molar-refractivity contribution in [3.05, 3.63) is 41.2 Å². The summed E-state index contributed by atoms with van der Waals surface area (Å²) in [6.45, 7) is 3.01. The van der Waals surface area contributed by atoms with Crippen LogP contribution < -0.4 is 4.74 Å². The highest BCUT2D eigenvalue weighted by atomic mass is 32.1. The second-order valence-electron chi connectivity index (χ2n) is 5.93. The number of aromatic nitrogens is 2. The summed E-state index contributed by atoms with van der Waals surface area (Å²) in [6, 6.07) is 8.32. The summed E-state index contributed by atoms with van der Waals surface area (Å²) in [5, 5.41) is 0.524. The Morgan fingerprint density at radius 2 is 1.92 bits per heavy atom.